The van der Waals surface area contributed by atoms with E-state index in [0.717, 1.165) is 17.7 Å². The van der Waals surface area contributed by atoms with Crippen LogP contribution in [0.2, 0.25) is 0 Å². The molecular formula is C19H22N2O3. The maximum atomic E-state index is 12.3. The Morgan fingerprint density at radius 1 is 1.17 bits per heavy atom. The monoisotopic (exact) mass is 326 g/mol. The van der Waals surface area contributed by atoms with Crippen LogP contribution >= 0.6 is 0 Å². The second-order valence-electron chi connectivity index (χ2n) is 5.68. The number of hydrogen-bond donors (Lipinski definition) is 1. The molecule has 1 aromatic heterocycles. The highest BCUT2D eigenvalue weighted by molar-refractivity contribution is 5.97. The number of anilines is 1. The number of amides is 1. The minimum absolute atomic E-state index is 0.317. The van der Waals surface area contributed by atoms with E-state index in [4.69, 9.17) is 4.74 Å². The lowest BCUT2D eigenvalue weighted by atomic mass is 9.97. The highest BCUT2D eigenvalue weighted by Crippen LogP contribution is 2.26. The normalized spacial score (nSPS) is 13.0. The first kappa shape index (κ1) is 17.7. The lowest BCUT2D eigenvalue weighted by molar-refractivity contribution is -0.123. The van der Waals surface area contributed by atoms with Crippen molar-refractivity contribution in [1.82, 2.24) is 4.98 Å². The number of para-hydroxylation sites is 1. The summed E-state index contributed by atoms with van der Waals surface area (Å²) in [6.07, 6.45) is 3.05. The summed E-state index contributed by atoms with van der Waals surface area (Å²) in [4.78, 5) is 28.2. The van der Waals surface area contributed by atoms with E-state index < -0.39 is 12.1 Å². The Labute approximate surface area is 142 Å². The predicted octanol–water partition coefficient (Wildman–Crippen LogP) is 3.78. The van der Waals surface area contributed by atoms with Gasteiger partial charge in [0.15, 0.2) is 6.10 Å². The molecule has 126 valence electrons. The maximum Gasteiger partial charge on any atom is 0.340 e. The Kier molecular flexibility index (Phi) is 6.07. The average molecular weight is 326 g/mol. The molecule has 2 rings (SSSR count). The van der Waals surface area contributed by atoms with Gasteiger partial charge in [0.1, 0.15) is 0 Å². The van der Waals surface area contributed by atoms with Crippen LogP contribution in [0.3, 0.4) is 0 Å². The van der Waals surface area contributed by atoms with Crippen LogP contribution in [-0.2, 0) is 9.53 Å². The summed E-state index contributed by atoms with van der Waals surface area (Å²) in [6.45, 7) is 5.76. The van der Waals surface area contributed by atoms with E-state index in [-0.39, 0.29) is 5.91 Å². The fraction of sp³-hybridized carbons (Fsp3) is 0.316. The van der Waals surface area contributed by atoms with Gasteiger partial charge in [0.25, 0.3) is 5.91 Å². The van der Waals surface area contributed by atoms with Crippen molar-refractivity contribution >= 4 is 17.6 Å². The first-order valence-corrected chi connectivity index (χ1v) is 8.03. The fourth-order valence-electron chi connectivity index (χ4n) is 2.26. The Morgan fingerprint density at radius 2 is 1.92 bits per heavy atom. The molecule has 24 heavy (non-hydrogen) atoms. The van der Waals surface area contributed by atoms with Crippen LogP contribution in [0.25, 0.3) is 0 Å². The number of esters is 1. The summed E-state index contributed by atoms with van der Waals surface area (Å²) in [6, 6.07) is 10.9. The minimum atomic E-state index is -0.900. The second-order valence-corrected chi connectivity index (χ2v) is 5.68. The molecule has 0 aliphatic heterocycles. The third-order valence-corrected chi connectivity index (χ3v) is 3.91. The third-order valence-electron chi connectivity index (χ3n) is 3.91. The van der Waals surface area contributed by atoms with Gasteiger partial charge in [-0.05, 0) is 43.0 Å². The van der Waals surface area contributed by atoms with Crippen molar-refractivity contribution in [2.24, 2.45) is 0 Å². The van der Waals surface area contributed by atoms with Gasteiger partial charge in [0.05, 0.1) is 5.56 Å². The Balaban J connectivity index is 2.03. The van der Waals surface area contributed by atoms with E-state index in [1.165, 1.54) is 6.20 Å². The highest BCUT2D eigenvalue weighted by Gasteiger charge is 2.20. The number of pyridine rings is 1. The number of carbonyl (C=O) groups excluding carboxylic acids is 2. The molecule has 1 amide bonds. The van der Waals surface area contributed by atoms with Crippen molar-refractivity contribution in [3.8, 4) is 0 Å². The van der Waals surface area contributed by atoms with Crippen LogP contribution < -0.4 is 5.32 Å². The molecule has 0 fully saturated rings. The average Bonchev–Trinajstić information content (AvgIpc) is 2.62. The Hall–Kier alpha value is -2.69. The zero-order valence-electron chi connectivity index (χ0n) is 14.2. The number of carbonyl (C=O) groups is 2. The molecule has 1 N–H and O–H groups in total. The van der Waals surface area contributed by atoms with Gasteiger partial charge in [0, 0.05) is 18.1 Å². The zero-order valence-corrected chi connectivity index (χ0v) is 14.2. The number of nitrogens with one attached hydrogen (secondary N) is 1. The topological polar surface area (TPSA) is 68.3 Å². The van der Waals surface area contributed by atoms with E-state index in [0.29, 0.717) is 11.5 Å². The summed E-state index contributed by atoms with van der Waals surface area (Å²) in [5.41, 5.74) is 2.14. The van der Waals surface area contributed by atoms with Gasteiger partial charge in [-0.3, -0.25) is 9.78 Å². The van der Waals surface area contributed by atoms with Gasteiger partial charge in [-0.25, -0.2) is 4.79 Å². The number of nitrogens with zero attached hydrogens (tertiary/aromatic N) is 1. The smallest absolute Gasteiger partial charge is 0.340 e. The standard InChI is InChI=1S/C19H22N2O3/c1-4-13(2)16-9-5-6-10-17(16)21-18(22)14(3)24-19(23)15-8-7-11-20-12-15/h5-14H,4H2,1-3H3,(H,21,22)/t13-,14-/m0/s1. The van der Waals surface area contributed by atoms with Crippen molar-refractivity contribution in [2.75, 3.05) is 5.32 Å². The van der Waals surface area contributed by atoms with Crippen LogP contribution in [0, 0.1) is 0 Å². The van der Waals surface area contributed by atoms with Crippen molar-refractivity contribution < 1.29 is 14.3 Å². The second kappa shape index (κ2) is 8.24. The van der Waals surface area contributed by atoms with E-state index in [1.807, 2.05) is 24.3 Å². The largest absolute Gasteiger partial charge is 0.449 e. The molecular weight excluding hydrogens is 304 g/mol. The van der Waals surface area contributed by atoms with Crippen LogP contribution in [-0.4, -0.2) is 23.0 Å². The molecule has 0 saturated carbocycles. The maximum absolute atomic E-state index is 12.3. The summed E-state index contributed by atoms with van der Waals surface area (Å²) < 4.78 is 5.21. The van der Waals surface area contributed by atoms with E-state index in [2.05, 4.69) is 24.1 Å². The SMILES string of the molecule is CC[C@H](C)c1ccccc1NC(=O)[C@H](C)OC(=O)c1cccnc1. The first-order valence-electron chi connectivity index (χ1n) is 8.03. The first-order chi connectivity index (χ1) is 11.5. The van der Waals surface area contributed by atoms with Crippen molar-refractivity contribution in [3.63, 3.8) is 0 Å². The predicted molar refractivity (Wildman–Crippen MR) is 92.9 cm³/mol. The molecule has 5 heteroatoms. The van der Waals surface area contributed by atoms with Gasteiger partial charge in [-0.1, -0.05) is 32.0 Å². The van der Waals surface area contributed by atoms with E-state index in [9.17, 15) is 9.59 Å². The number of rotatable bonds is 6. The zero-order chi connectivity index (χ0) is 17.5. The van der Waals surface area contributed by atoms with Gasteiger partial charge >= 0.3 is 5.97 Å². The molecule has 0 spiro atoms. The van der Waals surface area contributed by atoms with Gasteiger partial charge in [0.2, 0.25) is 0 Å². The Bertz CT molecular complexity index is 701. The lowest BCUT2D eigenvalue weighted by Gasteiger charge is -2.18. The minimum Gasteiger partial charge on any atom is -0.449 e. The quantitative estimate of drug-likeness (QED) is 0.820. The number of aromatic nitrogens is 1. The molecule has 0 aliphatic carbocycles. The highest BCUT2D eigenvalue weighted by atomic mass is 16.5. The van der Waals surface area contributed by atoms with Gasteiger partial charge in [-0.2, -0.15) is 0 Å². The van der Waals surface area contributed by atoms with Crippen LogP contribution in [0.15, 0.2) is 48.8 Å². The van der Waals surface area contributed by atoms with Crippen LogP contribution in [0.5, 0.6) is 0 Å². The van der Waals surface area contributed by atoms with Crippen LogP contribution in [0.1, 0.15) is 49.0 Å². The lowest BCUT2D eigenvalue weighted by Crippen LogP contribution is -2.30. The van der Waals surface area contributed by atoms with Crippen molar-refractivity contribution in [1.29, 1.82) is 0 Å². The molecule has 0 radical (unpaired) electrons. The van der Waals surface area contributed by atoms with Crippen LogP contribution in [0.4, 0.5) is 5.69 Å². The van der Waals surface area contributed by atoms with Crippen molar-refractivity contribution in [2.45, 2.75) is 39.2 Å². The summed E-state index contributed by atoms with van der Waals surface area (Å²) >= 11 is 0. The molecule has 1 aromatic carbocycles. The Morgan fingerprint density at radius 3 is 2.58 bits per heavy atom. The molecule has 0 saturated heterocycles. The van der Waals surface area contributed by atoms with E-state index >= 15 is 0 Å². The molecule has 0 unspecified atom stereocenters. The number of hydrogen-bond acceptors (Lipinski definition) is 4. The third kappa shape index (κ3) is 4.41. The summed E-state index contributed by atoms with van der Waals surface area (Å²) in [5.74, 6) is -0.598. The van der Waals surface area contributed by atoms with Gasteiger partial charge in [-0.15, -0.1) is 0 Å². The number of ether oxygens (including phenoxy) is 1. The fourth-order valence-corrected chi connectivity index (χ4v) is 2.26. The van der Waals surface area contributed by atoms with Gasteiger partial charge < -0.3 is 10.1 Å². The van der Waals surface area contributed by atoms with Crippen molar-refractivity contribution in [3.05, 3.63) is 59.9 Å². The molecule has 5 nitrogen and oxygen atoms in total. The molecule has 0 aliphatic rings. The van der Waals surface area contributed by atoms with E-state index in [1.54, 1.807) is 25.3 Å². The molecule has 0 bridgehead atoms. The number of benzene rings is 1. The summed E-state index contributed by atoms with van der Waals surface area (Å²) in [7, 11) is 0. The molecule has 2 atom stereocenters. The summed E-state index contributed by atoms with van der Waals surface area (Å²) in [5, 5.41) is 2.85. The molecule has 1 heterocycles. The molecule has 2 aromatic rings.